The van der Waals surface area contributed by atoms with Crippen molar-refractivity contribution in [1.82, 2.24) is 5.32 Å². The molecule has 2 aromatic carbocycles. The number of methoxy groups -OCH3 is 1. The highest BCUT2D eigenvalue weighted by Gasteiger charge is 2.18. The number of nitrogens with zero attached hydrogens (tertiary/aromatic N) is 2. The van der Waals surface area contributed by atoms with Crippen molar-refractivity contribution in [3.05, 3.63) is 54.1 Å². The average molecular weight is 474 g/mol. The molecule has 1 saturated heterocycles. The first-order valence-electron chi connectivity index (χ1n) is 11.5. The molecule has 1 aliphatic rings. The molecule has 1 amide bonds. The number of anilines is 2. The lowest BCUT2D eigenvalue weighted by Crippen LogP contribution is -2.32. The van der Waals surface area contributed by atoms with Gasteiger partial charge in [-0.2, -0.15) is 0 Å². The van der Waals surface area contributed by atoms with Crippen LogP contribution in [0.5, 0.6) is 5.75 Å². The molecule has 1 fully saturated rings. The Labute approximate surface area is 197 Å². The Balaban J connectivity index is 1.51. The van der Waals surface area contributed by atoms with E-state index < -0.39 is 10.0 Å². The van der Waals surface area contributed by atoms with Crippen molar-refractivity contribution in [3.63, 3.8) is 0 Å². The van der Waals surface area contributed by atoms with Crippen LogP contribution in [0.15, 0.2) is 48.5 Å². The van der Waals surface area contributed by atoms with E-state index >= 15 is 0 Å². The fourth-order valence-electron chi connectivity index (χ4n) is 4.14. The van der Waals surface area contributed by atoms with Gasteiger partial charge >= 0.3 is 0 Å². The van der Waals surface area contributed by atoms with E-state index in [1.54, 1.807) is 31.4 Å². The average Bonchev–Trinajstić information content (AvgIpc) is 2.82. The third-order valence-corrected chi connectivity index (χ3v) is 7.21. The normalized spacial score (nSPS) is 15.1. The van der Waals surface area contributed by atoms with Crippen LogP contribution in [-0.4, -0.2) is 47.3 Å². The van der Waals surface area contributed by atoms with Gasteiger partial charge in [-0.05, 0) is 74.6 Å². The van der Waals surface area contributed by atoms with Gasteiger partial charge in [0.1, 0.15) is 5.75 Å². The van der Waals surface area contributed by atoms with Gasteiger partial charge in [-0.3, -0.25) is 9.10 Å². The molecule has 3 rings (SSSR count). The van der Waals surface area contributed by atoms with Gasteiger partial charge in [0, 0.05) is 31.7 Å². The number of hydrogen-bond donors (Lipinski definition) is 1. The number of amides is 1. The Bertz CT molecular complexity index is 1000. The van der Waals surface area contributed by atoms with E-state index in [2.05, 4.69) is 34.5 Å². The molecule has 0 unspecified atom stereocenters. The van der Waals surface area contributed by atoms with Crippen molar-refractivity contribution in [2.24, 2.45) is 0 Å². The Morgan fingerprint density at radius 2 is 1.70 bits per heavy atom. The number of rotatable bonds is 10. The summed E-state index contributed by atoms with van der Waals surface area (Å²) in [5.41, 5.74) is 2.84. The largest absolute Gasteiger partial charge is 0.497 e. The van der Waals surface area contributed by atoms with Crippen molar-refractivity contribution in [1.29, 1.82) is 0 Å². The zero-order chi connectivity index (χ0) is 23.8. The smallest absolute Gasteiger partial charge is 0.232 e. The lowest BCUT2D eigenvalue weighted by molar-refractivity contribution is -0.121. The highest BCUT2D eigenvalue weighted by molar-refractivity contribution is 7.92. The van der Waals surface area contributed by atoms with Crippen LogP contribution in [0.2, 0.25) is 0 Å². The summed E-state index contributed by atoms with van der Waals surface area (Å²) in [4.78, 5) is 14.9. The first kappa shape index (κ1) is 24.9. The Hall–Kier alpha value is -2.74. The number of nitrogens with one attached hydrogen (secondary N) is 1. The zero-order valence-corrected chi connectivity index (χ0v) is 20.6. The van der Waals surface area contributed by atoms with Crippen molar-refractivity contribution in [2.75, 3.05) is 42.2 Å². The summed E-state index contributed by atoms with van der Waals surface area (Å²) in [6.07, 6.45) is 5.63. The number of piperidine rings is 1. The van der Waals surface area contributed by atoms with Crippen LogP contribution in [0, 0.1) is 0 Å². The van der Waals surface area contributed by atoms with Gasteiger partial charge in [-0.25, -0.2) is 8.42 Å². The van der Waals surface area contributed by atoms with E-state index in [0.717, 1.165) is 18.7 Å². The molecule has 0 aromatic heterocycles. The van der Waals surface area contributed by atoms with Crippen molar-refractivity contribution in [2.45, 2.75) is 45.1 Å². The minimum atomic E-state index is -3.46. The van der Waals surface area contributed by atoms with Crippen molar-refractivity contribution >= 4 is 27.3 Å². The van der Waals surface area contributed by atoms with Gasteiger partial charge in [-0.1, -0.05) is 12.1 Å². The maximum absolute atomic E-state index is 12.5. The minimum absolute atomic E-state index is 0.0919. The number of benzene rings is 2. The number of carbonyl (C=O) groups excluding carboxylic acids is 1. The molecule has 1 atom stereocenters. The Kier molecular flexibility index (Phi) is 8.61. The highest BCUT2D eigenvalue weighted by atomic mass is 32.2. The van der Waals surface area contributed by atoms with Crippen LogP contribution in [0.1, 0.15) is 50.6 Å². The number of hydrogen-bond acceptors (Lipinski definition) is 5. The van der Waals surface area contributed by atoms with E-state index in [1.807, 2.05) is 6.92 Å². The van der Waals surface area contributed by atoms with E-state index in [1.165, 1.54) is 35.5 Å². The highest BCUT2D eigenvalue weighted by Crippen LogP contribution is 2.24. The fourth-order valence-corrected chi connectivity index (χ4v) is 5.11. The molecule has 1 heterocycles. The van der Waals surface area contributed by atoms with Gasteiger partial charge < -0.3 is 15.0 Å². The Morgan fingerprint density at radius 1 is 1.06 bits per heavy atom. The molecule has 7 nitrogen and oxygen atoms in total. The van der Waals surface area contributed by atoms with Crippen molar-refractivity contribution in [3.8, 4) is 5.75 Å². The van der Waals surface area contributed by atoms with Crippen LogP contribution in [-0.2, 0) is 14.8 Å². The standard InChI is InChI=1S/C25H35N3O4S/c1-20(21-9-11-22(12-10-21)27-17-5-4-6-18-27)26-25(29)8-7-19-28(33(3,30)31)23-13-15-24(32-2)16-14-23/h9-16,20H,4-8,17-19H2,1-3H3,(H,26,29)/t20-/m1/s1. The molecule has 33 heavy (non-hydrogen) atoms. The van der Waals surface area contributed by atoms with Crippen LogP contribution >= 0.6 is 0 Å². The van der Waals surface area contributed by atoms with Crippen LogP contribution in [0.4, 0.5) is 11.4 Å². The lowest BCUT2D eigenvalue weighted by Gasteiger charge is -2.29. The number of carbonyl (C=O) groups is 1. The first-order chi connectivity index (χ1) is 15.8. The van der Waals surface area contributed by atoms with E-state index in [-0.39, 0.29) is 24.9 Å². The molecular weight excluding hydrogens is 438 g/mol. The third-order valence-electron chi connectivity index (χ3n) is 6.02. The topological polar surface area (TPSA) is 79.0 Å². The summed E-state index contributed by atoms with van der Waals surface area (Å²) in [7, 11) is -1.90. The van der Waals surface area contributed by atoms with Gasteiger partial charge in [0.2, 0.25) is 15.9 Å². The van der Waals surface area contributed by atoms with Gasteiger partial charge in [-0.15, -0.1) is 0 Å². The molecule has 180 valence electrons. The van der Waals surface area contributed by atoms with E-state index in [9.17, 15) is 13.2 Å². The Morgan fingerprint density at radius 3 is 2.27 bits per heavy atom. The number of sulfonamides is 1. The van der Waals surface area contributed by atoms with Gasteiger partial charge in [0.05, 0.1) is 25.1 Å². The summed E-state index contributed by atoms with van der Waals surface area (Å²) < 4.78 is 31.0. The summed E-state index contributed by atoms with van der Waals surface area (Å²) in [6.45, 7) is 4.41. The van der Waals surface area contributed by atoms with Crippen LogP contribution in [0.25, 0.3) is 0 Å². The van der Waals surface area contributed by atoms with E-state index in [0.29, 0.717) is 17.9 Å². The van der Waals surface area contributed by atoms with Crippen LogP contribution < -0.4 is 19.3 Å². The van der Waals surface area contributed by atoms with Gasteiger partial charge in [0.25, 0.3) is 0 Å². The monoisotopic (exact) mass is 473 g/mol. The lowest BCUT2D eigenvalue weighted by atomic mass is 10.1. The molecule has 1 N–H and O–H groups in total. The van der Waals surface area contributed by atoms with Crippen molar-refractivity contribution < 1.29 is 17.9 Å². The molecule has 8 heteroatoms. The molecule has 0 aliphatic carbocycles. The molecule has 0 saturated carbocycles. The fraction of sp³-hybridized carbons (Fsp3) is 0.480. The third kappa shape index (κ3) is 7.12. The summed E-state index contributed by atoms with van der Waals surface area (Å²) in [5, 5.41) is 3.03. The number of ether oxygens (including phenoxy) is 1. The maximum Gasteiger partial charge on any atom is 0.232 e. The van der Waals surface area contributed by atoms with Gasteiger partial charge in [0.15, 0.2) is 0 Å². The zero-order valence-electron chi connectivity index (χ0n) is 19.8. The quantitative estimate of drug-likeness (QED) is 0.562. The second-order valence-electron chi connectivity index (χ2n) is 8.57. The molecule has 2 aromatic rings. The minimum Gasteiger partial charge on any atom is -0.497 e. The molecule has 0 bridgehead atoms. The first-order valence-corrected chi connectivity index (χ1v) is 13.4. The van der Waals surface area contributed by atoms with E-state index in [4.69, 9.17) is 4.74 Å². The predicted molar refractivity (Wildman–Crippen MR) is 133 cm³/mol. The van der Waals surface area contributed by atoms with Crippen LogP contribution in [0.3, 0.4) is 0 Å². The second kappa shape index (κ2) is 11.4. The summed E-state index contributed by atoms with van der Waals surface area (Å²) in [5.74, 6) is 0.565. The second-order valence-corrected chi connectivity index (χ2v) is 10.5. The summed E-state index contributed by atoms with van der Waals surface area (Å²) >= 11 is 0. The molecule has 1 aliphatic heterocycles. The molecule has 0 spiro atoms. The molecule has 0 radical (unpaired) electrons. The molecular formula is C25H35N3O4S. The maximum atomic E-state index is 12.5. The SMILES string of the molecule is COc1ccc(N(CCCC(=O)N[C@H](C)c2ccc(N3CCCCC3)cc2)S(C)(=O)=O)cc1. The summed E-state index contributed by atoms with van der Waals surface area (Å²) in [6, 6.07) is 15.1. The predicted octanol–water partition coefficient (Wildman–Crippen LogP) is 4.11.